The van der Waals surface area contributed by atoms with E-state index in [0.29, 0.717) is 0 Å². The van der Waals surface area contributed by atoms with Crippen LogP contribution in [-0.2, 0) is 12.8 Å². The summed E-state index contributed by atoms with van der Waals surface area (Å²) >= 11 is 0. The smallest absolute Gasteiger partial charge is 0.139 e. The van der Waals surface area contributed by atoms with Crippen LogP contribution < -0.4 is 10.6 Å². The van der Waals surface area contributed by atoms with Gasteiger partial charge in [0.05, 0.1) is 5.56 Å². The molecule has 104 valence electrons. The minimum atomic E-state index is 0.132. The van der Waals surface area contributed by atoms with Crippen molar-refractivity contribution in [3.8, 4) is 0 Å². The number of nitrogens with zero attached hydrogens (tertiary/aromatic N) is 2. The van der Waals surface area contributed by atoms with Crippen molar-refractivity contribution >= 4 is 11.7 Å². The van der Waals surface area contributed by atoms with Crippen LogP contribution in [0.25, 0.3) is 0 Å². The molecular weight excluding hydrogens is 236 g/mol. The Bertz CT molecular complexity index is 467. The van der Waals surface area contributed by atoms with E-state index in [2.05, 4.69) is 24.8 Å². The van der Waals surface area contributed by atoms with Crippen LogP contribution in [0.5, 0.6) is 0 Å². The van der Waals surface area contributed by atoms with Gasteiger partial charge in [-0.2, -0.15) is 0 Å². The first kappa shape index (κ1) is 13.8. The van der Waals surface area contributed by atoms with Gasteiger partial charge >= 0.3 is 0 Å². The fourth-order valence-electron chi connectivity index (χ4n) is 2.66. The van der Waals surface area contributed by atoms with E-state index in [9.17, 15) is 0 Å². The van der Waals surface area contributed by atoms with Crippen LogP contribution in [0.2, 0.25) is 0 Å². The molecule has 0 radical (unpaired) electrons. The largest absolute Gasteiger partial charge is 0.384 e. The first-order valence-electron chi connectivity index (χ1n) is 7.29. The molecular formula is C15H24N4. The average molecular weight is 260 g/mol. The highest BCUT2D eigenvalue weighted by atomic mass is 15.2. The molecule has 0 aliphatic heterocycles. The zero-order valence-electron chi connectivity index (χ0n) is 12.0. The number of hydrogen-bond acceptors (Lipinski definition) is 3. The molecule has 1 aromatic heterocycles. The highest BCUT2D eigenvalue weighted by Gasteiger charge is 2.20. The van der Waals surface area contributed by atoms with Gasteiger partial charge in [0.25, 0.3) is 0 Å². The first-order chi connectivity index (χ1) is 9.17. The van der Waals surface area contributed by atoms with Gasteiger partial charge in [-0.15, -0.1) is 0 Å². The minimum Gasteiger partial charge on any atom is -0.384 e. The molecule has 1 heterocycles. The number of anilines is 1. The van der Waals surface area contributed by atoms with Crippen molar-refractivity contribution in [1.29, 1.82) is 5.41 Å². The molecule has 19 heavy (non-hydrogen) atoms. The third-order valence-corrected chi connectivity index (χ3v) is 3.78. The summed E-state index contributed by atoms with van der Waals surface area (Å²) in [5.74, 6) is 1.04. The summed E-state index contributed by atoms with van der Waals surface area (Å²) < 4.78 is 0. The second-order valence-electron chi connectivity index (χ2n) is 5.17. The lowest BCUT2D eigenvalue weighted by molar-refractivity contribution is 0.721. The van der Waals surface area contributed by atoms with Gasteiger partial charge in [-0.25, -0.2) is 4.98 Å². The van der Waals surface area contributed by atoms with Crippen LogP contribution in [0.15, 0.2) is 6.07 Å². The van der Waals surface area contributed by atoms with E-state index in [1.54, 1.807) is 0 Å². The zero-order valence-corrected chi connectivity index (χ0v) is 12.0. The Morgan fingerprint density at radius 2 is 2.21 bits per heavy atom. The summed E-state index contributed by atoms with van der Waals surface area (Å²) in [6.45, 7) is 6.22. The summed E-state index contributed by atoms with van der Waals surface area (Å²) in [6.07, 6.45) is 5.61. The molecule has 4 heteroatoms. The fourth-order valence-corrected chi connectivity index (χ4v) is 2.66. The SMILES string of the molecule is CCCCN(CC)c1nc2c(cc1C(=N)N)CCC2. The van der Waals surface area contributed by atoms with Crippen LogP contribution in [0.1, 0.15) is 49.9 Å². The monoisotopic (exact) mass is 260 g/mol. The number of nitrogens with one attached hydrogen (secondary N) is 1. The molecule has 0 amide bonds. The third kappa shape index (κ3) is 2.88. The van der Waals surface area contributed by atoms with Gasteiger partial charge < -0.3 is 10.6 Å². The Balaban J connectivity index is 2.38. The van der Waals surface area contributed by atoms with E-state index in [0.717, 1.165) is 50.2 Å². The molecule has 1 aromatic rings. The van der Waals surface area contributed by atoms with E-state index in [1.165, 1.54) is 17.7 Å². The van der Waals surface area contributed by atoms with Crippen molar-refractivity contribution in [3.05, 3.63) is 22.9 Å². The number of nitrogens with two attached hydrogens (primary N) is 1. The van der Waals surface area contributed by atoms with Crippen molar-refractivity contribution in [2.45, 2.75) is 46.0 Å². The van der Waals surface area contributed by atoms with Crippen molar-refractivity contribution in [1.82, 2.24) is 4.98 Å². The minimum absolute atomic E-state index is 0.132. The number of amidine groups is 1. The molecule has 4 nitrogen and oxygen atoms in total. The fraction of sp³-hybridized carbons (Fsp3) is 0.600. The summed E-state index contributed by atoms with van der Waals surface area (Å²) in [5, 5.41) is 7.80. The lowest BCUT2D eigenvalue weighted by Crippen LogP contribution is -2.29. The number of hydrogen-bond donors (Lipinski definition) is 2. The molecule has 0 bridgehead atoms. The summed E-state index contributed by atoms with van der Waals surface area (Å²) in [4.78, 5) is 7.05. The van der Waals surface area contributed by atoms with Gasteiger partial charge in [-0.1, -0.05) is 13.3 Å². The first-order valence-corrected chi connectivity index (χ1v) is 7.29. The second-order valence-corrected chi connectivity index (χ2v) is 5.17. The van der Waals surface area contributed by atoms with Gasteiger partial charge in [-0.3, -0.25) is 5.41 Å². The molecule has 0 saturated heterocycles. The number of rotatable bonds is 6. The summed E-state index contributed by atoms with van der Waals surface area (Å²) in [5.41, 5.74) is 9.03. The third-order valence-electron chi connectivity index (χ3n) is 3.78. The second kappa shape index (κ2) is 6.04. The van der Waals surface area contributed by atoms with Gasteiger partial charge in [0.1, 0.15) is 11.7 Å². The van der Waals surface area contributed by atoms with E-state index in [-0.39, 0.29) is 5.84 Å². The van der Waals surface area contributed by atoms with Gasteiger partial charge in [0.2, 0.25) is 0 Å². The molecule has 0 aromatic carbocycles. The Labute approximate surface area is 115 Å². The summed E-state index contributed by atoms with van der Waals surface area (Å²) in [7, 11) is 0. The number of nitrogen functional groups attached to an aromatic ring is 1. The maximum atomic E-state index is 7.80. The van der Waals surface area contributed by atoms with Crippen LogP contribution in [0.4, 0.5) is 5.82 Å². The Hall–Kier alpha value is -1.58. The van der Waals surface area contributed by atoms with Gasteiger partial charge in [-0.05, 0) is 44.2 Å². The predicted octanol–water partition coefficient (Wildman–Crippen LogP) is 2.48. The van der Waals surface area contributed by atoms with E-state index >= 15 is 0 Å². The number of fused-ring (bicyclic) bond motifs is 1. The number of unbranched alkanes of at least 4 members (excludes halogenated alkanes) is 1. The maximum absolute atomic E-state index is 7.80. The number of aryl methyl sites for hydroxylation is 2. The summed E-state index contributed by atoms with van der Waals surface area (Å²) in [6, 6.07) is 2.08. The molecule has 1 aliphatic rings. The zero-order chi connectivity index (χ0) is 13.8. The Morgan fingerprint density at radius 3 is 2.84 bits per heavy atom. The Morgan fingerprint density at radius 1 is 1.42 bits per heavy atom. The molecule has 1 aliphatic carbocycles. The van der Waals surface area contributed by atoms with E-state index in [1.807, 2.05) is 0 Å². The molecule has 0 spiro atoms. The normalized spacial score (nSPS) is 13.4. The average Bonchev–Trinajstić information content (AvgIpc) is 2.85. The molecule has 0 unspecified atom stereocenters. The van der Waals surface area contributed by atoms with Gasteiger partial charge in [0, 0.05) is 18.8 Å². The lowest BCUT2D eigenvalue weighted by Gasteiger charge is -2.25. The van der Waals surface area contributed by atoms with Gasteiger partial charge in [0.15, 0.2) is 0 Å². The molecule has 2 rings (SSSR count). The van der Waals surface area contributed by atoms with Crippen LogP contribution in [-0.4, -0.2) is 23.9 Å². The standard InChI is InChI=1S/C15H24N4/c1-3-5-9-19(4-2)15-12(14(16)17)10-11-7-6-8-13(11)18-15/h10H,3-9H2,1-2H3,(H3,16,17). The van der Waals surface area contributed by atoms with Crippen molar-refractivity contribution in [2.75, 3.05) is 18.0 Å². The predicted molar refractivity (Wildman–Crippen MR) is 80.1 cm³/mol. The van der Waals surface area contributed by atoms with Crippen LogP contribution in [0.3, 0.4) is 0 Å². The molecule has 3 N–H and O–H groups in total. The lowest BCUT2D eigenvalue weighted by atomic mass is 10.1. The quantitative estimate of drug-likeness (QED) is 0.610. The number of aromatic nitrogens is 1. The van der Waals surface area contributed by atoms with E-state index < -0.39 is 0 Å². The molecule has 0 atom stereocenters. The van der Waals surface area contributed by atoms with Crippen molar-refractivity contribution in [3.63, 3.8) is 0 Å². The maximum Gasteiger partial charge on any atom is 0.139 e. The molecule has 0 saturated carbocycles. The topological polar surface area (TPSA) is 66.0 Å². The number of pyridine rings is 1. The highest BCUT2D eigenvalue weighted by molar-refractivity contribution is 5.99. The van der Waals surface area contributed by atoms with E-state index in [4.69, 9.17) is 16.1 Å². The highest BCUT2D eigenvalue weighted by Crippen LogP contribution is 2.27. The van der Waals surface area contributed by atoms with Crippen molar-refractivity contribution in [2.24, 2.45) is 5.73 Å². The van der Waals surface area contributed by atoms with Crippen LogP contribution in [0, 0.1) is 5.41 Å². The van der Waals surface area contributed by atoms with Crippen molar-refractivity contribution < 1.29 is 0 Å². The van der Waals surface area contributed by atoms with Crippen LogP contribution >= 0.6 is 0 Å². The molecule has 0 fully saturated rings. The Kier molecular flexibility index (Phi) is 4.40.